The van der Waals surface area contributed by atoms with Crippen LogP contribution in [-0.4, -0.2) is 38.7 Å². The van der Waals surface area contributed by atoms with Crippen LogP contribution in [0.1, 0.15) is 31.9 Å². The predicted molar refractivity (Wildman–Crippen MR) is 77.2 cm³/mol. The first-order valence-corrected chi connectivity index (χ1v) is 6.48. The van der Waals surface area contributed by atoms with Crippen LogP contribution in [0.4, 0.5) is 0 Å². The van der Waals surface area contributed by atoms with Crippen molar-refractivity contribution in [1.82, 2.24) is 10.2 Å². The lowest BCUT2D eigenvalue weighted by Gasteiger charge is -2.43. The maximum atomic E-state index is 5.31. The largest absolute Gasteiger partial charge is 0.497 e. The first kappa shape index (κ1) is 15.0. The third-order valence-corrected chi connectivity index (χ3v) is 4.08. The lowest BCUT2D eigenvalue weighted by molar-refractivity contribution is 0.117. The van der Waals surface area contributed by atoms with Crippen LogP contribution in [0.15, 0.2) is 24.3 Å². The zero-order valence-corrected chi connectivity index (χ0v) is 12.4. The Morgan fingerprint density at radius 2 is 2.06 bits per heavy atom. The summed E-state index contributed by atoms with van der Waals surface area (Å²) in [5, 5.41) is 3.45. The predicted octanol–water partition coefficient (Wildman–Crippen LogP) is 2.69. The Labute approximate surface area is 111 Å². The van der Waals surface area contributed by atoms with E-state index in [0.717, 1.165) is 12.2 Å². The van der Waals surface area contributed by atoms with Gasteiger partial charge in [0.25, 0.3) is 0 Å². The van der Waals surface area contributed by atoms with Crippen molar-refractivity contribution < 1.29 is 4.74 Å². The van der Waals surface area contributed by atoms with E-state index in [4.69, 9.17) is 4.74 Å². The monoisotopic (exact) mass is 250 g/mol. The molecule has 1 aromatic rings. The number of ether oxygens (including phenoxy) is 1. The normalized spacial score (nSPS) is 16.4. The molecule has 0 bridgehead atoms. The minimum atomic E-state index is 0.0706. The fourth-order valence-electron chi connectivity index (χ4n) is 2.44. The van der Waals surface area contributed by atoms with E-state index < -0.39 is 0 Å². The fourth-order valence-corrected chi connectivity index (χ4v) is 2.44. The Balaban J connectivity index is 3.15. The molecule has 1 aromatic carbocycles. The molecule has 0 saturated heterocycles. The SMILES string of the molecule is CCC(C)(C(NC)c1cccc(OC)c1)N(C)C. The third-order valence-electron chi connectivity index (χ3n) is 4.08. The van der Waals surface area contributed by atoms with Crippen molar-refractivity contribution in [2.75, 3.05) is 28.3 Å². The minimum Gasteiger partial charge on any atom is -0.497 e. The van der Waals surface area contributed by atoms with Crippen molar-refractivity contribution in [2.24, 2.45) is 0 Å². The van der Waals surface area contributed by atoms with Crippen molar-refractivity contribution in [3.05, 3.63) is 29.8 Å². The van der Waals surface area contributed by atoms with Gasteiger partial charge in [-0.1, -0.05) is 19.1 Å². The summed E-state index contributed by atoms with van der Waals surface area (Å²) in [5.74, 6) is 0.907. The number of methoxy groups -OCH3 is 1. The second kappa shape index (κ2) is 6.21. The molecule has 0 fully saturated rings. The molecule has 1 rings (SSSR count). The molecule has 0 aliphatic carbocycles. The van der Waals surface area contributed by atoms with Gasteiger partial charge in [0.05, 0.1) is 13.2 Å². The molecule has 0 amide bonds. The summed E-state index contributed by atoms with van der Waals surface area (Å²) in [6.45, 7) is 4.51. The van der Waals surface area contributed by atoms with Gasteiger partial charge in [-0.3, -0.25) is 0 Å². The van der Waals surface area contributed by atoms with Crippen molar-refractivity contribution in [2.45, 2.75) is 31.8 Å². The molecule has 0 heterocycles. The van der Waals surface area contributed by atoms with Gasteiger partial charge in [-0.25, -0.2) is 0 Å². The van der Waals surface area contributed by atoms with E-state index in [-0.39, 0.29) is 11.6 Å². The summed E-state index contributed by atoms with van der Waals surface area (Å²) in [6.07, 6.45) is 1.07. The average Bonchev–Trinajstić information content (AvgIpc) is 2.39. The van der Waals surface area contributed by atoms with Gasteiger partial charge in [-0.15, -0.1) is 0 Å². The topological polar surface area (TPSA) is 24.5 Å². The second-order valence-corrected chi connectivity index (χ2v) is 5.10. The van der Waals surface area contributed by atoms with Gasteiger partial charge in [-0.2, -0.15) is 0 Å². The van der Waals surface area contributed by atoms with Crippen LogP contribution in [0.3, 0.4) is 0 Å². The zero-order chi connectivity index (χ0) is 13.8. The Morgan fingerprint density at radius 3 is 2.50 bits per heavy atom. The van der Waals surface area contributed by atoms with Crippen LogP contribution in [-0.2, 0) is 0 Å². The summed E-state index contributed by atoms with van der Waals surface area (Å²) in [4.78, 5) is 2.29. The maximum Gasteiger partial charge on any atom is 0.119 e. The molecule has 1 N–H and O–H groups in total. The van der Waals surface area contributed by atoms with E-state index in [2.05, 4.69) is 50.3 Å². The van der Waals surface area contributed by atoms with Crippen LogP contribution in [0.5, 0.6) is 5.75 Å². The fraction of sp³-hybridized carbons (Fsp3) is 0.600. The lowest BCUT2D eigenvalue weighted by Crippen LogP contribution is -2.50. The number of hydrogen-bond donors (Lipinski definition) is 1. The smallest absolute Gasteiger partial charge is 0.119 e. The molecule has 18 heavy (non-hydrogen) atoms. The van der Waals surface area contributed by atoms with E-state index in [1.807, 2.05) is 19.2 Å². The molecule has 3 nitrogen and oxygen atoms in total. The first-order valence-electron chi connectivity index (χ1n) is 6.48. The average molecular weight is 250 g/mol. The second-order valence-electron chi connectivity index (χ2n) is 5.10. The lowest BCUT2D eigenvalue weighted by atomic mass is 9.83. The van der Waals surface area contributed by atoms with Gasteiger partial charge in [-0.05, 0) is 52.2 Å². The molecule has 0 aliphatic heterocycles. The van der Waals surface area contributed by atoms with E-state index in [0.29, 0.717) is 0 Å². The van der Waals surface area contributed by atoms with Gasteiger partial charge >= 0.3 is 0 Å². The van der Waals surface area contributed by atoms with Crippen molar-refractivity contribution in [3.63, 3.8) is 0 Å². The molecule has 2 atom stereocenters. The highest BCUT2D eigenvalue weighted by molar-refractivity contribution is 5.32. The molecule has 0 spiro atoms. The van der Waals surface area contributed by atoms with Gasteiger partial charge in [0.2, 0.25) is 0 Å². The Bertz CT molecular complexity index is 379. The van der Waals surface area contributed by atoms with Gasteiger partial charge in [0, 0.05) is 5.54 Å². The summed E-state index contributed by atoms with van der Waals surface area (Å²) in [6, 6.07) is 8.56. The number of nitrogens with one attached hydrogen (secondary N) is 1. The molecule has 0 aromatic heterocycles. The molecule has 0 radical (unpaired) electrons. The van der Waals surface area contributed by atoms with Crippen molar-refractivity contribution >= 4 is 0 Å². The summed E-state index contributed by atoms with van der Waals surface area (Å²) < 4.78 is 5.31. The molecule has 0 saturated carbocycles. The Kier molecular flexibility index (Phi) is 5.17. The van der Waals surface area contributed by atoms with Crippen LogP contribution < -0.4 is 10.1 Å². The highest BCUT2D eigenvalue weighted by atomic mass is 16.5. The highest BCUT2D eigenvalue weighted by Gasteiger charge is 2.34. The number of benzene rings is 1. The van der Waals surface area contributed by atoms with Crippen LogP contribution in [0, 0.1) is 0 Å². The highest BCUT2D eigenvalue weighted by Crippen LogP contribution is 2.33. The summed E-state index contributed by atoms with van der Waals surface area (Å²) in [7, 11) is 7.99. The number of likely N-dealkylation sites (N-methyl/N-ethyl adjacent to an activating group) is 2. The number of rotatable bonds is 6. The molecule has 0 aliphatic rings. The Morgan fingerprint density at radius 1 is 1.39 bits per heavy atom. The number of hydrogen-bond acceptors (Lipinski definition) is 3. The van der Waals surface area contributed by atoms with Crippen molar-refractivity contribution in [1.29, 1.82) is 0 Å². The van der Waals surface area contributed by atoms with Crippen LogP contribution >= 0.6 is 0 Å². The zero-order valence-electron chi connectivity index (χ0n) is 12.4. The van der Waals surface area contributed by atoms with Crippen LogP contribution in [0.25, 0.3) is 0 Å². The van der Waals surface area contributed by atoms with Gasteiger partial charge < -0.3 is 15.0 Å². The van der Waals surface area contributed by atoms with E-state index >= 15 is 0 Å². The number of nitrogens with zero attached hydrogens (tertiary/aromatic N) is 1. The molecule has 3 heteroatoms. The van der Waals surface area contributed by atoms with Crippen molar-refractivity contribution in [3.8, 4) is 5.75 Å². The standard InChI is InChI=1S/C15H26N2O/c1-7-15(2,17(4)5)14(16-3)12-9-8-10-13(11-12)18-6/h8-11,14,16H,7H2,1-6H3. The third kappa shape index (κ3) is 2.85. The summed E-state index contributed by atoms with van der Waals surface area (Å²) in [5.41, 5.74) is 1.33. The van der Waals surface area contributed by atoms with E-state index in [1.54, 1.807) is 7.11 Å². The quantitative estimate of drug-likeness (QED) is 0.840. The molecular weight excluding hydrogens is 224 g/mol. The van der Waals surface area contributed by atoms with E-state index in [1.165, 1.54) is 5.56 Å². The summed E-state index contributed by atoms with van der Waals surface area (Å²) >= 11 is 0. The Hall–Kier alpha value is -1.06. The maximum absolute atomic E-state index is 5.31. The molecular formula is C15H26N2O. The van der Waals surface area contributed by atoms with E-state index in [9.17, 15) is 0 Å². The molecule has 2 unspecified atom stereocenters. The first-order chi connectivity index (χ1) is 8.49. The van der Waals surface area contributed by atoms with Gasteiger partial charge in [0.1, 0.15) is 5.75 Å². The minimum absolute atomic E-state index is 0.0706. The molecule has 102 valence electrons. The van der Waals surface area contributed by atoms with Gasteiger partial charge in [0.15, 0.2) is 0 Å². The van der Waals surface area contributed by atoms with Crippen LogP contribution in [0.2, 0.25) is 0 Å².